The number of hydrogen-bond donors (Lipinski definition) is 2. The second-order valence-electron chi connectivity index (χ2n) is 8.37. The van der Waals surface area contributed by atoms with Crippen LogP contribution >= 0.6 is 0 Å². The van der Waals surface area contributed by atoms with Crippen LogP contribution in [-0.4, -0.2) is 63.8 Å². The molecule has 30 heavy (non-hydrogen) atoms. The minimum Gasteiger partial charge on any atom is -0.386 e. The van der Waals surface area contributed by atoms with Crippen LogP contribution in [0.5, 0.6) is 0 Å². The third-order valence-electron chi connectivity index (χ3n) is 5.72. The predicted octanol–water partition coefficient (Wildman–Crippen LogP) is 3.01. The van der Waals surface area contributed by atoms with Gasteiger partial charge in [0.15, 0.2) is 0 Å². The standard InChI is InChI=1S/C23H27N5O2/c1-23(2,29)17-15-16-7-8-20(24-9-10-27-11-13-30-14-12-27)26-21(16)28-19-6-4-3-5-18(19)25-22(17)28/h3-8,15,29H,9-14H2,1-2H3,(H,24,26). The highest BCUT2D eigenvalue weighted by Crippen LogP contribution is 2.31. The lowest BCUT2D eigenvalue weighted by Gasteiger charge is -2.26. The highest BCUT2D eigenvalue weighted by molar-refractivity contribution is 5.91. The monoisotopic (exact) mass is 405 g/mol. The van der Waals surface area contributed by atoms with Crippen LogP contribution in [0.25, 0.3) is 27.7 Å². The van der Waals surface area contributed by atoms with E-state index in [0.717, 1.165) is 78.5 Å². The van der Waals surface area contributed by atoms with Gasteiger partial charge in [0.1, 0.15) is 17.1 Å². The molecule has 3 aromatic heterocycles. The number of anilines is 1. The molecular weight excluding hydrogens is 378 g/mol. The molecule has 4 heterocycles. The van der Waals surface area contributed by atoms with Gasteiger partial charge in [-0.25, -0.2) is 9.97 Å². The highest BCUT2D eigenvalue weighted by Gasteiger charge is 2.24. The molecule has 5 rings (SSSR count). The van der Waals surface area contributed by atoms with Crippen molar-refractivity contribution >= 4 is 33.5 Å². The Labute approximate surface area is 175 Å². The van der Waals surface area contributed by atoms with E-state index in [4.69, 9.17) is 14.7 Å². The Morgan fingerprint density at radius 2 is 1.87 bits per heavy atom. The zero-order valence-corrected chi connectivity index (χ0v) is 17.4. The molecule has 0 unspecified atom stereocenters. The van der Waals surface area contributed by atoms with E-state index >= 15 is 0 Å². The summed E-state index contributed by atoms with van der Waals surface area (Å²) in [7, 11) is 0. The summed E-state index contributed by atoms with van der Waals surface area (Å²) in [6, 6.07) is 14.1. The van der Waals surface area contributed by atoms with Crippen molar-refractivity contribution in [2.45, 2.75) is 19.4 Å². The molecule has 1 fully saturated rings. The molecule has 0 spiro atoms. The predicted molar refractivity (Wildman–Crippen MR) is 119 cm³/mol. The number of morpholine rings is 1. The summed E-state index contributed by atoms with van der Waals surface area (Å²) < 4.78 is 7.47. The summed E-state index contributed by atoms with van der Waals surface area (Å²) >= 11 is 0. The lowest BCUT2D eigenvalue weighted by molar-refractivity contribution is 0.0398. The van der Waals surface area contributed by atoms with Crippen molar-refractivity contribution in [2.75, 3.05) is 44.7 Å². The molecule has 4 aromatic rings. The summed E-state index contributed by atoms with van der Waals surface area (Å²) in [6.07, 6.45) is 0. The quantitative estimate of drug-likeness (QED) is 0.532. The number of benzene rings is 1. The molecule has 0 atom stereocenters. The smallest absolute Gasteiger partial charge is 0.148 e. The van der Waals surface area contributed by atoms with E-state index in [2.05, 4.69) is 20.7 Å². The normalized spacial score (nSPS) is 16.0. The van der Waals surface area contributed by atoms with Gasteiger partial charge in [-0.3, -0.25) is 9.30 Å². The largest absolute Gasteiger partial charge is 0.386 e. The molecule has 1 aliphatic rings. The molecule has 7 heteroatoms. The van der Waals surface area contributed by atoms with Crippen molar-refractivity contribution in [1.29, 1.82) is 0 Å². The van der Waals surface area contributed by atoms with Crippen molar-refractivity contribution < 1.29 is 9.84 Å². The van der Waals surface area contributed by atoms with Crippen molar-refractivity contribution in [3.63, 3.8) is 0 Å². The molecule has 0 bridgehead atoms. The third-order valence-corrected chi connectivity index (χ3v) is 5.72. The molecule has 1 saturated heterocycles. The summed E-state index contributed by atoms with van der Waals surface area (Å²) in [6.45, 7) is 8.96. The average Bonchev–Trinajstić information content (AvgIpc) is 3.13. The Hall–Kier alpha value is -2.74. The van der Waals surface area contributed by atoms with E-state index in [0.29, 0.717) is 0 Å². The number of rotatable bonds is 5. The van der Waals surface area contributed by atoms with Crippen LogP contribution in [0.1, 0.15) is 19.4 Å². The van der Waals surface area contributed by atoms with Crippen LogP contribution in [0.3, 0.4) is 0 Å². The molecular formula is C23H27N5O2. The Balaban J connectivity index is 1.56. The number of nitrogens with zero attached hydrogens (tertiary/aromatic N) is 4. The van der Waals surface area contributed by atoms with Gasteiger partial charge in [-0.1, -0.05) is 12.1 Å². The molecule has 2 N–H and O–H groups in total. The first-order valence-corrected chi connectivity index (χ1v) is 10.5. The van der Waals surface area contributed by atoms with Gasteiger partial charge in [0.25, 0.3) is 0 Å². The number of para-hydroxylation sites is 2. The summed E-state index contributed by atoms with van der Waals surface area (Å²) in [5, 5.41) is 15.2. The molecule has 156 valence electrons. The lowest BCUT2D eigenvalue weighted by Crippen LogP contribution is -2.39. The van der Waals surface area contributed by atoms with E-state index in [-0.39, 0.29) is 0 Å². The van der Waals surface area contributed by atoms with Crippen LogP contribution in [-0.2, 0) is 10.3 Å². The summed E-state index contributed by atoms with van der Waals surface area (Å²) in [4.78, 5) is 12.1. The van der Waals surface area contributed by atoms with Crippen molar-refractivity contribution in [3.05, 3.63) is 48.0 Å². The second kappa shape index (κ2) is 7.50. The highest BCUT2D eigenvalue weighted by atomic mass is 16.5. The lowest BCUT2D eigenvalue weighted by atomic mass is 9.98. The fourth-order valence-electron chi connectivity index (χ4n) is 4.11. The number of imidazole rings is 1. The maximum atomic E-state index is 10.8. The van der Waals surface area contributed by atoms with E-state index in [9.17, 15) is 5.11 Å². The number of pyridine rings is 2. The summed E-state index contributed by atoms with van der Waals surface area (Å²) in [5.41, 5.74) is 3.24. The van der Waals surface area contributed by atoms with E-state index in [1.165, 1.54) is 0 Å². The van der Waals surface area contributed by atoms with Crippen molar-refractivity contribution in [1.82, 2.24) is 19.3 Å². The Morgan fingerprint density at radius 3 is 2.67 bits per heavy atom. The minimum atomic E-state index is -1.01. The zero-order valence-electron chi connectivity index (χ0n) is 17.4. The average molecular weight is 406 g/mol. The number of hydrogen-bond acceptors (Lipinski definition) is 6. The first kappa shape index (κ1) is 19.2. The molecule has 1 aromatic carbocycles. The molecule has 7 nitrogen and oxygen atoms in total. The van der Waals surface area contributed by atoms with E-state index in [1.807, 2.05) is 36.4 Å². The SMILES string of the molecule is CC(C)(O)c1cc2ccc(NCCN3CCOCC3)nc2n2c1nc1ccccc12. The maximum absolute atomic E-state index is 10.8. The van der Waals surface area contributed by atoms with Gasteiger partial charge >= 0.3 is 0 Å². The number of nitrogens with one attached hydrogen (secondary N) is 1. The Morgan fingerprint density at radius 1 is 1.07 bits per heavy atom. The summed E-state index contributed by atoms with van der Waals surface area (Å²) in [5.74, 6) is 0.839. The van der Waals surface area contributed by atoms with E-state index in [1.54, 1.807) is 13.8 Å². The maximum Gasteiger partial charge on any atom is 0.148 e. The van der Waals surface area contributed by atoms with Crippen molar-refractivity contribution in [3.8, 4) is 0 Å². The van der Waals surface area contributed by atoms with Crippen LogP contribution in [0.4, 0.5) is 5.82 Å². The van der Waals surface area contributed by atoms with Gasteiger partial charge in [-0.2, -0.15) is 0 Å². The van der Waals surface area contributed by atoms with Gasteiger partial charge in [0, 0.05) is 37.1 Å². The molecule has 0 aliphatic carbocycles. The number of fused-ring (bicyclic) bond motifs is 5. The Kier molecular flexibility index (Phi) is 4.81. The third kappa shape index (κ3) is 3.49. The molecule has 0 amide bonds. The van der Waals surface area contributed by atoms with Crippen LogP contribution in [0.15, 0.2) is 42.5 Å². The van der Waals surface area contributed by atoms with Crippen molar-refractivity contribution in [2.24, 2.45) is 0 Å². The molecule has 0 saturated carbocycles. The van der Waals surface area contributed by atoms with Crippen LogP contribution in [0, 0.1) is 0 Å². The fraction of sp³-hybridized carbons (Fsp3) is 0.391. The Bertz CT molecular complexity index is 1210. The molecule has 1 aliphatic heterocycles. The van der Waals surface area contributed by atoms with Crippen LogP contribution < -0.4 is 5.32 Å². The first-order valence-electron chi connectivity index (χ1n) is 10.5. The van der Waals surface area contributed by atoms with Gasteiger partial charge in [-0.15, -0.1) is 0 Å². The van der Waals surface area contributed by atoms with Gasteiger partial charge in [0.05, 0.1) is 29.8 Å². The number of ether oxygens (including phenoxy) is 1. The minimum absolute atomic E-state index is 0.745. The van der Waals surface area contributed by atoms with E-state index < -0.39 is 5.60 Å². The first-order chi connectivity index (χ1) is 14.5. The van der Waals surface area contributed by atoms with Gasteiger partial charge < -0.3 is 15.2 Å². The second-order valence-corrected chi connectivity index (χ2v) is 8.37. The number of aromatic nitrogens is 3. The van der Waals surface area contributed by atoms with Gasteiger partial charge in [-0.05, 0) is 44.2 Å². The van der Waals surface area contributed by atoms with Crippen LogP contribution in [0.2, 0.25) is 0 Å². The zero-order chi connectivity index (χ0) is 20.7. The molecule has 0 radical (unpaired) electrons. The number of aliphatic hydroxyl groups is 1. The topological polar surface area (TPSA) is 74.9 Å². The van der Waals surface area contributed by atoms with Gasteiger partial charge in [0.2, 0.25) is 0 Å². The fourth-order valence-corrected chi connectivity index (χ4v) is 4.11.